The molecule has 1 N–H and O–H groups in total. The summed E-state index contributed by atoms with van der Waals surface area (Å²) < 4.78 is 25.3. The third kappa shape index (κ3) is 3.72. The van der Waals surface area contributed by atoms with Gasteiger partial charge in [0.1, 0.15) is 0 Å². The third-order valence-electron chi connectivity index (χ3n) is 5.59. The molecule has 2 amide bonds. The van der Waals surface area contributed by atoms with Crippen LogP contribution in [0.4, 0.5) is 10.5 Å². The molecule has 6 heteroatoms. The standard InChI is InChI=1S/C21H24N2O3S/c24-21(23-14-13-16-5-1-2-6-17(16)15-23)22-18-9-11-20(12-10-18)27(25,26)19-7-3-4-8-19/h1-2,5-6,9-12,19H,3-4,7-8,13-15H2,(H,22,24). The topological polar surface area (TPSA) is 66.5 Å². The maximum atomic E-state index is 12.6. The molecule has 0 saturated heterocycles. The van der Waals surface area contributed by atoms with Gasteiger partial charge in [0.05, 0.1) is 10.1 Å². The molecule has 1 heterocycles. The van der Waals surface area contributed by atoms with Crippen molar-refractivity contribution >= 4 is 21.6 Å². The minimum absolute atomic E-state index is 0.157. The first-order valence-corrected chi connectivity index (χ1v) is 11.1. The normalized spacial score (nSPS) is 17.6. The summed E-state index contributed by atoms with van der Waals surface area (Å²) >= 11 is 0. The van der Waals surface area contributed by atoms with Crippen molar-refractivity contribution in [1.29, 1.82) is 0 Å². The molecule has 0 radical (unpaired) electrons. The quantitative estimate of drug-likeness (QED) is 0.870. The second-order valence-electron chi connectivity index (χ2n) is 7.35. The van der Waals surface area contributed by atoms with Crippen molar-refractivity contribution in [3.05, 3.63) is 59.7 Å². The number of anilines is 1. The minimum atomic E-state index is -3.26. The molecular weight excluding hydrogens is 360 g/mol. The van der Waals surface area contributed by atoms with Crippen molar-refractivity contribution < 1.29 is 13.2 Å². The molecule has 1 fully saturated rings. The van der Waals surface area contributed by atoms with E-state index in [9.17, 15) is 13.2 Å². The van der Waals surface area contributed by atoms with E-state index in [2.05, 4.69) is 17.4 Å². The highest BCUT2D eigenvalue weighted by atomic mass is 32.2. The molecule has 2 aromatic rings. The first-order valence-electron chi connectivity index (χ1n) is 9.51. The number of carbonyl (C=O) groups is 1. The molecule has 0 bridgehead atoms. The lowest BCUT2D eigenvalue weighted by atomic mass is 10.0. The number of benzene rings is 2. The molecule has 5 nitrogen and oxygen atoms in total. The number of hydrogen-bond donors (Lipinski definition) is 1. The summed E-state index contributed by atoms with van der Waals surface area (Å²) in [4.78, 5) is 14.7. The van der Waals surface area contributed by atoms with Crippen LogP contribution in [-0.2, 0) is 22.8 Å². The average molecular weight is 385 g/mol. The Morgan fingerprint density at radius 1 is 0.963 bits per heavy atom. The van der Waals surface area contributed by atoms with Crippen LogP contribution in [0.3, 0.4) is 0 Å². The van der Waals surface area contributed by atoms with E-state index in [-0.39, 0.29) is 11.3 Å². The number of hydrogen-bond acceptors (Lipinski definition) is 3. The first kappa shape index (κ1) is 18.0. The molecule has 0 spiro atoms. The highest BCUT2D eigenvalue weighted by molar-refractivity contribution is 7.92. The van der Waals surface area contributed by atoms with Crippen molar-refractivity contribution in [3.63, 3.8) is 0 Å². The van der Waals surface area contributed by atoms with E-state index < -0.39 is 9.84 Å². The monoisotopic (exact) mass is 384 g/mol. The molecule has 142 valence electrons. The summed E-state index contributed by atoms with van der Waals surface area (Å²) in [6.45, 7) is 1.27. The van der Waals surface area contributed by atoms with Crippen LogP contribution >= 0.6 is 0 Å². The van der Waals surface area contributed by atoms with Gasteiger partial charge in [0.25, 0.3) is 0 Å². The lowest BCUT2D eigenvalue weighted by Gasteiger charge is -2.29. The van der Waals surface area contributed by atoms with Gasteiger partial charge in [0, 0.05) is 18.8 Å². The molecule has 4 rings (SSSR count). The summed E-state index contributed by atoms with van der Waals surface area (Å²) in [5.74, 6) is 0. The molecule has 2 aliphatic rings. The van der Waals surface area contributed by atoms with Crippen molar-refractivity contribution in [3.8, 4) is 0 Å². The van der Waals surface area contributed by atoms with Crippen molar-refractivity contribution in [2.45, 2.75) is 48.8 Å². The molecule has 0 atom stereocenters. The maximum Gasteiger partial charge on any atom is 0.322 e. The molecule has 0 unspecified atom stereocenters. The number of rotatable bonds is 3. The molecule has 1 aliphatic heterocycles. The molecule has 1 saturated carbocycles. The van der Waals surface area contributed by atoms with E-state index in [1.807, 2.05) is 12.1 Å². The van der Waals surface area contributed by atoms with Gasteiger partial charge in [-0.3, -0.25) is 0 Å². The Labute approximate surface area is 160 Å². The van der Waals surface area contributed by atoms with Gasteiger partial charge in [0.2, 0.25) is 0 Å². The van der Waals surface area contributed by atoms with Crippen LogP contribution in [0.5, 0.6) is 0 Å². The van der Waals surface area contributed by atoms with E-state index in [0.29, 0.717) is 23.7 Å². The number of nitrogens with one attached hydrogen (secondary N) is 1. The van der Waals surface area contributed by atoms with E-state index in [0.717, 1.165) is 32.1 Å². The van der Waals surface area contributed by atoms with Gasteiger partial charge in [-0.05, 0) is 54.7 Å². The van der Waals surface area contributed by atoms with Gasteiger partial charge in [-0.15, -0.1) is 0 Å². The van der Waals surface area contributed by atoms with Crippen LogP contribution in [0, 0.1) is 0 Å². The van der Waals surface area contributed by atoms with Crippen molar-refractivity contribution in [2.24, 2.45) is 0 Å². The lowest BCUT2D eigenvalue weighted by molar-refractivity contribution is 0.206. The summed E-state index contributed by atoms with van der Waals surface area (Å²) in [6, 6.07) is 14.6. The third-order valence-corrected chi connectivity index (χ3v) is 7.87. The Balaban J connectivity index is 1.42. The summed E-state index contributed by atoms with van der Waals surface area (Å²) in [7, 11) is -3.26. The fraction of sp³-hybridized carbons (Fsp3) is 0.381. The fourth-order valence-electron chi connectivity index (χ4n) is 3.99. The zero-order chi connectivity index (χ0) is 18.9. The Morgan fingerprint density at radius 2 is 1.63 bits per heavy atom. The molecule has 2 aromatic carbocycles. The second kappa shape index (κ2) is 7.35. The van der Waals surface area contributed by atoms with Gasteiger partial charge in [-0.25, -0.2) is 13.2 Å². The number of urea groups is 1. The smallest absolute Gasteiger partial charge is 0.320 e. The van der Waals surface area contributed by atoms with Gasteiger partial charge >= 0.3 is 6.03 Å². The van der Waals surface area contributed by atoms with E-state index in [1.165, 1.54) is 11.1 Å². The Hall–Kier alpha value is -2.34. The zero-order valence-electron chi connectivity index (χ0n) is 15.2. The van der Waals surface area contributed by atoms with Crippen LogP contribution in [-0.4, -0.2) is 31.1 Å². The van der Waals surface area contributed by atoms with Crippen molar-refractivity contribution in [1.82, 2.24) is 4.90 Å². The zero-order valence-corrected chi connectivity index (χ0v) is 16.0. The van der Waals surface area contributed by atoms with E-state index in [4.69, 9.17) is 0 Å². The number of carbonyl (C=O) groups excluding carboxylic acids is 1. The Kier molecular flexibility index (Phi) is 4.91. The summed E-state index contributed by atoms with van der Waals surface area (Å²) in [5, 5.41) is 2.62. The molecular formula is C21H24N2O3S. The van der Waals surface area contributed by atoms with E-state index in [1.54, 1.807) is 29.2 Å². The maximum absolute atomic E-state index is 12.6. The largest absolute Gasteiger partial charge is 0.322 e. The first-order chi connectivity index (χ1) is 13.0. The average Bonchev–Trinajstić information content (AvgIpc) is 3.24. The second-order valence-corrected chi connectivity index (χ2v) is 9.57. The lowest BCUT2D eigenvalue weighted by Crippen LogP contribution is -2.38. The van der Waals surface area contributed by atoms with Crippen LogP contribution in [0.15, 0.2) is 53.4 Å². The molecule has 27 heavy (non-hydrogen) atoms. The van der Waals surface area contributed by atoms with Gasteiger partial charge in [-0.2, -0.15) is 0 Å². The molecule has 0 aromatic heterocycles. The predicted octanol–water partition coefficient (Wildman–Crippen LogP) is 3.99. The van der Waals surface area contributed by atoms with E-state index >= 15 is 0 Å². The predicted molar refractivity (Wildman–Crippen MR) is 105 cm³/mol. The number of fused-ring (bicyclic) bond motifs is 1. The SMILES string of the molecule is O=C(Nc1ccc(S(=O)(=O)C2CCCC2)cc1)N1CCc2ccccc2C1. The Morgan fingerprint density at radius 3 is 2.33 bits per heavy atom. The minimum Gasteiger partial charge on any atom is -0.320 e. The Bertz CT molecular complexity index is 932. The van der Waals surface area contributed by atoms with Crippen molar-refractivity contribution in [2.75, 3.05) is 11.9 Å². The fourth-order valence-corrected chi connectivity index (χ4v) is 5.84. The van der Waals surface area contributed by atoms with Gasteiger partial charge in [0.15, 0.2) is 9.84 Å². The summed E-state index contributed by atoms with van der Waals surface area (Å²) in [5.41, 5.74) is 3.09. The van der Waals surface area contributed by atoms with Crippen LogP contribution in [0.2, 0.25) is 0 Å². The van der Waals surface area contributed by atoms with Crippen LogP contribution in [0.1, 0.15) is 36.8 Å². The van der Waals surface area contributed by atoms with Crippen LogP contribution in [0.25, 0.3) is 0 Å². The number of amides is 2. The molecule has 1 aliphatic carbocycles. The van der Waals surface area contributed by atoms with Gasteiger partial charge in [-0.1, -0.05) is 37.1 Å². The summed E-state index contributed by atoms with van der Waals surface area (Å²) in [6.07, 6.45) is 4.31. The van der Waals surface area contributed by atoms with Gasteiger partial charge < -0.3 is 10.2 Å². The number of nitrogens with zero attached hydrogens (tertiary/aromatic N) is 1. The van der Waals surface area contributed by atoms with Crippen LogP contribution < -0.4 is 5.32 Å². The number of sulfone groups is 1. The highest BCUT2D eigenvalue weighted by Gasteiger charge is 2.30. The highest BCUT2D eigenvalue weighted by Crippen LogP contribution is 2.30.